The second-order valence-electron chi connectivity index (χ2n) is 4.01. The van der Waals surface area contributed by atoms with Gasteiger partial charge in [-0.25, -0.2) is 4.98 Å². The second kappa shape index (κ2) is 4.89. The molecule has 0 aromatic carbocycles. The van der Waals surface area contributed by atoms with Crippen LogP contribution in [-0.4, -0.2) is 20.7 Å². The van der Waals surface area contributed by atoms with Crippen molar-refractivity contribution in [3.05, 3.63) is 39.8 Å². The topological polar surface area (TPSA) is 59.8 Å². The van der Waals surface area contributed by atoms with E-state index in [4.69, 9.17) is 0 Å². The van der Waals surface area contributed by atoms with Crippen molar-refractivity contribution in [1.29, 1.82) is 0 Å². The Hall–Kier alpha value is -1.69. The van der Waals surface area contributed by atoms with Gasteiger partial charge < -0.3 is 5.32 Å². The summed E-state index contributed by atoms with van der Waals surface area (Å²) in [6.07, 6.45) is 0. The smallest absolute Gasteiger partial charge is 0.275 e. The number of aryl methyl sites for hydroxylation is 3. The van der Waals surface area contributed by atoms with Crippen molar-refractivity contribution in [3.63, 3.8) is 0 Å². The Bertz CT molecular complexity index is 606. The number of rotatable bonds is 2. The summed E-state index contributed by atoms with van der Waals surface area (Å²) in [7, 11) is 1.74. The van der Waals surface area contributed by atoms with Crippen LogP contribution in [0.4, 0.5) is 5.82 Å². The van der Waals surface area contributed by atoms with Gasteiger partial charge in [-0.1, -0.05) is 0 Å². The lowest BCUT2D eigenvalue weighted by Gasteiger charge is -2.06. The average molecular weight is 309 g/mol. The molecule has 6 heteroatoms. The zero-order chi connectivity index (χ0) is 13.3. The number of aromatic nitrogens is 3. The van der Waals surface area contributed by atoms with Crippen molar-refractivity contribution in [3.8, 4) is 0 Å². The molecule has 18 heavy (non-hydrogen) atoms. The number of carbonyl (C=O) groups excluding carboxylic acids is 1. The van der Waals surface area contributed by atoms with E-state index in [0.717, 1.165) is 15.9 Å². The highest BCUT2D eigenvalue weighted by atomic mass is 79.9. The van der Waals surface area contributed by atoms with Gasteiger partial charge in [-0.3, -0.25) is 9.48 Å². The van der Waals surface area contributed by atoms with Crippen molar-refractivity contribution in [2.45, 2.75) is 13.8 Å². The van der Waals surface area contributed by atoms with Gasteiger partial charge in [0.2, 0.25) is 0 Å². The first-order valence-electron chi connectivity index (χ1n) is 5.42. The molecule has 0 spiro atoms. The quantitative estimate of drug-likeness (QED) is 0.927. The summed E-state index contributed by atoms with van der Waals surface area (Å²) >= 11 is 3.37. The molecule has 2 rings (SSSR count). The third kappa shape index (κ3) is 2.59. The van der Waals surface area contributed by atoms with Gasteiger partial charge in [-0.2, -0.15) is 5.10 Å². The molecule has 5 nitrogen and oxygen atoms in total. The highest BCUT2D eigenvalue weighted by Gasteiger charge is 2.12. The Labute approximate surface area is 113 Å². The minimum absolute atomic E-state index is 0.215. The maximum absolute atomic E-state index is 12.0. The van der Waals surface area contributed by atoms with Gasteiger partial charge >= 0.3 is 0 Å². The second-order valence-corrected chi connectivity index (χ2v) is 4.87. The standard InChI is InChI=1S/C12H13BrN4O/c1-7-6-10(17(3)16-7)12(18)15-11-5-4-9(13)8(2)14-11/h4-6H,1-3H3,(H,14,15,18). The number of nitrogens with one attached hydrogen (secondary N) is 1. The summed E-state index contributed by atoms with van der Waals surface area (Å²) in [4.78, 5) is 16.3. The Morgan fingerprint density at radius 1 is 1.39 bits per heavy atom. The molecule has 2 aromatic heterocycles. The predicted octanol–water partition coefficient (Wildman–Crippen LogP) is 2.45. The average Bonchev–Trinajstić information content (AvgIpc) is 2.63. The van der Waals surface area contributed by atoms with E-state index in [2.05, 4.69) is 31.3 Å². The maximum atomic E-state index is 12.0. The molecule has 0 bridgehead atoms. The molecule has 0 unspecified atom stereocenters. The number of amides is 1. The molecule has 0 radical (unpaired) electrons. The van der Waals surface area contributed by atoms with Crippen LogP contribution in [0, 0.1) is 13.8 Å². The molecule has 0 fully saturated rings. The number of hydrogen-bond acceptors (Lipinski definition) is 3. The van der Waals surface area contributed by atoms with E-state index >= 15 is 0 Å². The number of pyridine rings is 1. The van der Waals surface area contributed by atoms with Crippen molar-refractivity contribution in [2.75, 3.05) is 5.32 Å². The van der Waals surface area contributed by atoms with Crippen LogP contribution in [0.15, 0.2) is 22.7 Å². The van der Waals surface area contributed by atoms with Crippen LogP contribution in [0.2, 0.25) is 0 Å². The van der Waals surface area contributed by atoms with Crippen molar-refractivity contribution in [2.24, 2.45) is 7.05 Å². The molecule has 94 valence electrons. The number of halogens is 1. The maximum Gasteiger partial charge on any atom is 0.275 e. The van der Waals surface area contributed by atoms with E-state index < -0.39 is 0 Å². The number of carbonyl (C=O) groups is 1. The van der Waals surface area contributed by atoms with E-state index in [0.29, 0.717) is 11.5 Å². The van der Waals surface area contributed by atoms with E-state index in [-0.39, 0.29) is 5.91 Å². The number of hydrogen-bond donors (Lipinski definition) is 1. The van der Waals surface area contributed by atoms with E-state index in [9.17, 15) is 4.79 Å². The lowest BCUT2D eigenvalue weighted by Crippen LogP contribution is -2.17. The number of anilines is 1. The predicted molar refractivity (Wildman–Crippen MR) is 72.6 cm³/mol. The summed E-state index contributed by atoms with van der Waals surface area (Å²) in [5, 5.41) is 6.88. The van der Waals surface area contributed by atoms with E-state index in [1.165, 1.54) is 0 Å². The molecular weight excluding hydrogens is 296 g/mol. The zero-order valence-electron chi connectivity index (χ0n) is 10.4. The van der Waals surface area contributed by atoms with Crippen molar-refractivity contribution < 1.29 is 4.79 Å². The Morgan fingerprint density at radius 2 is 2.11 bits per heavy atom. The molecule has 0 aliphatic heterocycles. The van der Waals surface area contributed by atoms with E-state index in [1.54, 1.807) is 23.9 Å². The van der Waals surface area contributed by atoms with Gasteiger partial charge in [0.25, 0.3) is 5.91 Å². The van der Waals surface area contributed by atoms with Crippen LogP contribution in [0.1, 0.15) is 21.9 Å². The fraction of sp³-hybridized carbons (Fsp3) is 0.250. The monoisotopic (exact) mass is 308 g/mol. The van der Waals surface area contributed by atoms with Crippen LogP contribution in [0.5, 0.6) is 0 Å². The van der Waals surface area contributed by atoms with Gasteiger partial charge in [0.1, 0.15) is 11.5 Å². The Balaban J connectivity index is 2.21. The lowest BCUT2D eigenvalue weighted by molar-refractivity contribution is 0.101. The largest absolute Gasteiger partial charge is 0.305 e. The van der Waals surface area contributed by atoms with Crippen molar-refractivity contribution in [1.82, 2.24) is 14.8 Å². The first kappa shape index (κ1) is 12.8. The van der Waals surface area contributed by atoms with Gasteiger partial charge in [0.05, 0.1) is 11.4 Å². The highest BCUT2D eigenvalue weighted by molar-refractivity contribution is 9.10. The van der Waals surface area contributed by atoms with Crippen LogP contribution >= 0.6 is 15.9 Å². The molecule has 0 saturated heterocycles. The third-order valence-electron chi connectivity index (χ3n) is 2.50. The fourth-order valence-electron chi connectivity index (χ4n) is 1.62. The summed E-state index contributed by atoms with van der Waals surface area (Å²) in [6.45, 7) is 3.72. The van der Waals surface area contributed by atoms with Gasteiger partial charge in [0, 0.05) is 11.5 Å². The first-order chi connectivity index (χ1) is 8.47. The minimum atomic E-state index is -0.215. The van der Waals surface area contributed by atoms with Gasteiger partial charge in [-0.15, -0.1) is 0 Å². The molecule has 2 heterocycles. The van der Waals surface area contributed by atoms with Crippen molar-refractivity contribution >= 4 is 27.7 Å². The molecule has 1 amide bonds. The molecule has 0 aliphatic rings. The zero-order valence-corrected chi connectivity index (χ0v) is 11.9. The van der Waals surface area contributed by atoms with Crippen LogP contribution in [-0.2, 0) is 7.05 Å². The van der Waals surface area contributed by atoms with Crippen LogP contribution in [0.3, 0.4) is 0 Å². The molecule has 0 atom stereocenters. The Kier molecular flexibility index (Phi) is 3.47. The molecular formula is C12H13BrN4O. The fourth-order valence-corrected chi connectivity index (χ4v) is 1.84. The molecule has 0 aliphatic carbocycles. The SMILES string of the molecule is Cc1cc(C(=O)Nc2ccc(Br)c(C)n2)n(C)n1. The molecule has 2 aromatic rings. The first-order valence-corrected chi connectivity index (χ1v) is 6.22. The normalized spacial score (nSPS) is 10.4. The summed E-state index contributed by atoms with van der Waals surface area (Å²) in [5.41, 5.74) is 2.14. The summed E-state index contributed by atoms with van der Waals surface area (Å²) < 4.78 is 2.47. The summed E-state index contributed by atoms with van der Waals surface area (Å²) in [5.74, 6) is 0.312. The molecule has 1 N–H and O–H groups in total. The Morgan fingerprint density at radius 3 is 2.67 bits per heavy atom. The van der Waals surface area contributed by atoms with Crippen LogP contribution < -0.4 is 5.32 Å². The number of nitrogens with zero attached hydrogens (tertiary/aromatic N) is 3. The lowest BCUT2D eigenvalue weighted by atomic mass is 10.3. The van der Waals surface area contributed by atoms with Gasteiger partial charge in [-0.05, 0) is 48.0 Å². The molecule has 0 saturated carbocycles. The minimum Gasteiger partial charge on any atom is -0.305 e. The van der Waals surface area contributed by atoms with Gasteiger partial charge in [0.15, 0.2) is 0 Å². The highest BCUT2D eigenvalue weighted by Crippen LogP contribution is 2.16. The summed E-state index contributed by atoms with van der Waals surface area (Å²) in [6, 6.07) is 5.34. The third-order valence-corrected chi connectivity index (χ3v) is 3.34. The van der Waals surface area contributed by atoms with Crippen LogP contribution in [0.25, 0.3) is 0 Å². The van der Waals surface area contributed by atoms with E-state index in [1.807, 2.05) is 19.9 Å².